The highest BCUT2D eigenvalue weighted by Crippen LogP contribution is 2.34. The number of likely N-dealkylation sites (N-methyl/N-ethyl adjacent to an activating group) is 1. The van der Waals surface area contributed by atoms with Gasteiger partial charge < -0.3 is 10.6 Å². The van der Waals surface area contributed by atoms with Crippen LogP contribution in [0, 0.1) is 5.41 Å². The summed E-state index contributed by atoms with van der Waals surface area (Å²) in [5.74, 6) is 0.297. The van der Waals surface area contributed by atoms with Crippen molar-refractivity contribution in [3.8, 4) is 0 Å². The third kappa shape index (κ3) is 2.80. The fourth-order valence-corrected chi connectivity index (χ4v) is 2.95. The molecule has 0 aromatic heterocycles. The fourth-order valence-electron chi connectivity index (χ4n) is 2.95. The Morgan fingerprint density at radius 2 is 2.00 bits per heavy atom. The molecule has 4 nitrogen and oxygen atoms in total. The number of carbonyl (C=O) groups excluding carboxylic acids is 1. The first kappa shape index (κ1) is 12.8. The van der Waals surface area contributed by atoms with Crippen LogP contribution >= 0.6 is 0 Å². The monoisotopic (exact) mass is 239 g/mol. The summed E-state index contributed by atoms with van der Waals surface area (Å²) in [6.45, 7) is 6.93. The van der Waals surface area contributed by atoms with Gasteiger partial charge in [0.05, 0.1) is 6.04 Å². The molecule has 2 N–H and O–H groups in total. The van der Waals surface area contributed by atoms with Gasteiger partial charge in [0, 0.05) is 19.1 Å². The highest BCUT2D eigenvalue weighted by molar-refractivity contribution is 5.83. The predicted octanol–water partition coefficient (Wildman–Crippen LogP) is 0.666. The van der Waals surface area contributed by atoms with Crippen LogP contribution in [0.2, 0.25) is 0 Å². The summed E-state index contributed by atoms with van der Waals surface area (Å²) in [5.41, 5.74) is 5.82. The summed E-state index contributed by atoms with van der Waals surface area (Å²) in [4.78, 5) is 16.9. The van der Waals surface area contributed by atoms with E-state index in [-0.39, 0.29) is 11.5 Å². The first-order valence-corrected chi connectivity index (χ1v) is 6.65. The van der Waals surface area contributed by atoms with Gasteiger partial charge in [0.25, 0.3) is 0 Å². The number of hydrogen-bond acceptors (Lipinski definition) is 3. The molecule has 4 heteroatoms. The summed E-state index contributed by atoms with van der Waals surface area (Å²) in [7, 11) is 2.05. The Morgan fingerprint density at radius 1 is 1.35 bits per heavy atom. The molecule has 1 heterocycles. The third-order valence-corrected chi connectivity index (χ3v) is 3.80. The summed E-state index contributed by atoms with van der Waals surface area (Å²) >= 11 is 0. The second kappa shape index (κ2) is 4.58. The van der Waals surface area contributed by atoms with E-state index in [2.05, 4.69) is 30.7 Å². The van der Waals surface area contributed by atoms with Crippen LogP contribution in [0.15, 0.2) is 0 Å². The van der Waals surface area contributed by atoms with E-state index in [0.29, 0.717) is 18.5 Å². The Hall–Kier alpha value is -0.610. The van der Waals surface area contributed by atoms with Gasteiger partial charge in [-0.3, -0.25) is 9.69 Å². The molecule has 1 unspecified atom stereocenters. The molecule has 0 aromatic carbocycles. The quantitative estimate of drug-likeness (QED) is 0.787. The average molecular weight is 239 g/mol. The molecule has 0 aromatic rings. The van der Waals surface area contributed by atoms with Crippen LogP contribution < -0.4 is 5.73 Å². The van der Waals surface area contributed by atoms with Crippen molar-refractivity contribution in [2.75, 3.05) is 26.7 Å². The Kier molecular flexibility index (Phi) is 3.46. The predicted molar refractivity (Wildman–Crippen MR) is 68.6 cm³/mol. The van der Waals surface area contributed by atoms with Gasteiger partial charge in [0.2, 0.25) is 5.91 Å². The molecule has 1 atom stereocenters. The van der Waals surface area contributed by atoms with Crippen molar-refractivity contribution >= 4 is 5.91 Å². The minimum absolute atomic E-state index is 0.0117. The highest BCUT2D eigenvalue weighted by atomic mass is 16.2. The van der Waals surface area contributed by atoms with Crippen LogP contribution in [0.1, 0.15) is 33.1 Å². The molecule has 2 rings (SSSR count). The number of carbonyl (C=O) groups is 1. The minimum atomic E-state index is -0.0117. The maximum absolute atomic E-state index is 12.5. The molecule has 17 heavy (non-hydrogen) atoms. The Morgan fingerprint density at radius 3 is 2.53 bits per heavy atom. The van der Waals surface area contributed by atoms with E-state index in [4.69, 9.17) is 5.73 Å². The van der Waals surface area contributed by atoms with Gasteiger partial charge in [-0.2, -0.15) is 0 Å². The number of rotatable bonds is 3. The molecule has 1 saturated carbocycles. The lowest BCUT2D eigenvalue weighted by atomic mass is 9.92. The van der Waals surface area contributed by atoms with Gasteiger partial charge in [-0.25, -0.2) is 0 Å². The van der Waals surface area contributed by atoms with Crippen molar-refractivity contribution in [3.63, 3.8) is 0 Å². The van der Waals surface area contributed by atoms with E-state index in [1.807, 2.05) is 0 Å². The Bertz CT molecular complexity index is 299. The lowest BCUT2D eigenvalue weighted by molar-refractivity contribution is -0.136. The van der Waals surface area contributed by atoms with Crippen molar-refractivity contribution in [1.29, 1.82) is 0 Å². The van der Waals surface area contributed by atoms with Crippen molar-refractivity contribution in [2.24, 2.45) is 11.1 Å². The first-order valence-electron chi connectivity index (χ1n) is 6.65. The second-order valence-corrected chi connectivity index (χ2v) is 6.37. The number of nitrogens with two attached hydrogens (primary N) is 1. The topological polar surface area (TPSA) is 49.6 Å². The van der Waals surface area contributed by atoms with E-state index in [0.717, 1.165) is 19.5 Å². The van der Waals surface area contributed by atoms with Gasteiger partial charge in [-0.1, -0.05) is 13.8 Å². The van der Waals surface area contributed by atoms with Crippen LogP contribution in [-0.2, 0) is 4.79 Å². The molecule has 0 radical (unpaired) electrons. The number of amides is 1. The highest BCUT2D eigenvalue weighted by Gasteiger charge is 2.43. The van der Waals surface area contributed by atoms with Gasteiger partial charge in [-0.15, -0.1) is 0 Å². The van der Waals surface area contributed by atoms with E-state index in [9.17, 15) is 4.79 Å². The van der Waals surface area contributed by atoms with Crippen molar-refractivity contribution < 1.29 is 4.79 Å². The molecule has 0 bridgehead atoms. The minimum Gasteiger partial charge on any atom is -0.338 e. The zero-order valence-electron chi connectivity index (χ0n) is 11.3. The van der Waals surface area contributed by atoms with Gasteiger partial charge in [0.15, 0.2) is 0 Å². The average Bonchev–Trinajstić information content (AvgIpc) is 3.03. The molecule has 1 saturated heterocycles. The van der Waals surface area contributed by atoms with E-state index in [1.54, 1.807) is 0 Å². The van der Waals surface area contributed by atoms with Crippen molar-refractivity contribution in [1.82, 2.24) is 9.80 Å². The van der Waals surface area contributed by atoms with Crippen LogP contribution in [0.4, 0.5) is 0 Å². The molecule has 1 amide bonds. The Labute approximate surface area is 104 Å². The molecule has 98 valence electrons. The maximum atomic E-state index is 12.5. The van der Waals surface area contributed by atoms with Crippen LogP contribution in [0.3, 0.4) is 0 Å². The Balaban J connectivity index is 2.19. The number of nitrogens with zero attached hydrogens (tertiary/aromatic N) is 2. The summed E-state index contributed by atoms with van der Waals surface area (Å²) in [5, 5.41) is 0. The summed E-state index contributed by atoms with van der Waals surface area (Å²) in [6.07, 6.45) is 3.14. The van der Waals surface area contributed by atoms with Gasteiger partial charge in [0.1, 0.15) is 0 Å². The lowest BCUT2D eigenvalue weighted by Gasteiger charge is -2.29. The SMILES string of the molecule is CN1CC(C)(C)CN(C2CC2)C(=O)C1CCN. The van der Waals surface area contributed by atoms with Crippen LogP contribution in [-0.4, -0.2) is 54.5 Å². The van der Waals surface area contributed by atoms with Crippen molar-refractivity contribution in [3.05, 3.63) is 0 Å². The van der Waals surface area contributed by atoms with Crippen LogP contribution in [0.5, 0.6) is 0 Å². The van der Waals surface area contributed by atoms with E-state index >= 15 is 0 Å². The summed E-state index contributed by atoms with van der Waals surface area (Å²) < 4.78 is 0. The molecule has 0 spiro atoms. The van der Waals surface area contributed by atoms with Gasteiger partial charge in [-0.05, 0) is 38.3 Å². The summed E-state index contributed by atoms with van der Waals surface area (Å²) in [6, 6.07) is 0.496. The van der Waals surface area contributed by atoms with Crippen LogP contribution in [0.25, 0.3) is 0 Å². The largest absolute Gasteiger partial charge is 0.338 e. The maximum Gasteiger partial charge on any atom is 0.240 e. The second-order valence-electron chi connectivity index (χ2n) is 6.37. The molecule has 1 aliphatic carbocycles. The van der Waals surface area contributed by atoms with E-state index in [1.165, 1.54) is 12.8 Å². The zero-order chi connectivity index (χ0) is 12.6. The molecular formula is C13H25N3O. The molecule has 2 fully saturated rings. The molecule has 2 aliphatic rings. The smallest absolute Gasteiger partial charge is 0.240 e. The van der Waals surface area contributed by atoms with Crippen molar-refractivity contribution in [2.45, 2.75) is 45.2 Å². The van der Waals surface area contributed by atoms with Gasteiger partial charge >= 0.3 is 0 Å². The zero-order valence-corrected chi connectivity index (χ0v) is 11.3. The molecule has 1 aliphatic heterocycles. The normalized spacial score (nSPS) is 30.5. The third-order valence-electron chi connectivity index (χ3n) is 3.80. The standard InChI is InChI=1S/C13H25N3O/c1-13(2)8-15(3)11(6-7-14)12(17)16(9-13)10-4-5-10/h10-11H,4-9,14H2,1-3H3. The van der Waals surface area contributed by atoms with E-state index < -0.39 is 0 Å². The number of hydrogen-bond donors (Lipinski definition) is 1. The molecular weight excluding hydrogens is 214 g/mol. The lowest BCUT2D eigenvalue weighted by Crippen LogP contribution is -2.46. The fraction of sp³-hybridized carbons (Fsp3) is 0.923. The first-order chi connectivity index (χ1) is 7.94.